The molecule has 1 aliphatic rings. The van der Waals surface area contributed by atoms with Crippen molar-refractivity contribution in [2.75, 3.05) is 32.0 Å². The van der Waals surface area contributed by atoms with E-state index < -0.39 is 5.97 Å². The van der Waals surface area contributed by atoms with Crippen LogP contribution in [0.15, 0.2) is 12.3 Å². The van der Waals surface area contributed by atoms with E-state index >= 15 is 0 Å². The van der Waals surface area contributed by atoms with Crippen molar-refractivity contribution in [2.24, 2.45) is 5.41 Å². The molecule has 5 heteroatoms. The molecule has 0 spiro atoms. The summed E-state index contributed by atoms with van der Waals surface area (Å²) in [6.45, 7) is 7.12. The van der Waals surface area contributed by atoms with Crippen LogP contribution in [0.1, 0.15) is 35.8 Å². The Morgan fingerprint density at radius 3 is 2.75 bits per heavy atom. The Hall–Kier alpha value is -1.62. The predicted octanol–water partition coefficient (Wildman–Crippen LogP) is 2.23. The maximum atomic E-state index is 11.2. The fourth-order valence-electron chi connectivity index (χ4n) is 2.52. The first-order valence-corrected chi connectivity index (χ1v) is 7.02. The second kappa shape index (κ2) is 5.79. The van der Waals surface area contributed by atoms with Gasteiger partial charge in [0.1, 0.15) is 5.56 Å². The van der Waals surface area contributed by atoms with Gasteiger partial charge in [0, 0.05) is 18.4 Å². The third-order valence-corrected chi connectivity index (χ3v) is 4.17. The number of pyridine rings is 1. The Labute approximate surface area is 120 Å². The van der Waals surface area contributed by atoms with E-state index in [1.807, 2.05) is 13.0 Å². The highest BCUT2D eigenvalue weighted by Gasteiger charge is 2.29. The SMILES string of the molecule is Cc1cc(NCC2(C)CCN(C)CC2)c(C(=O)O)cn1. The van der Waals surface area contributed by atoms with Crippen LogP contribution in [0.5, 0.6) is 0 Å². The number of aromatic nitrogens is 1. The molecule has 1 aliphatic heterocycles. The smallest absolute Gasteiger partial charge is 0.339 e. The summed E-state index contributed by atoms with van der Waals surface area (Å²) in [5.74, 6) is -0.937. The average Bonchev–Trinajstić information content (AvgIpc) is 2.40. The van der Waals surface area contributed by atoms with E-state index in [-0.39, 0.29) is 11.0 Å². The summed E-state index contributed by atoms with van der Waals surface area (Å²) in [7, 11) is 2.14. The van der Waals surface area contributed by atoms with Crippen molar-refractivity contribution in [1.82, 2.24) is 9.88 Å². The highest BCUT2D eigenvalue weighted by Crippen LogP contribution is 2.31. The lowest BCUT2D eigenvalue weighted by Crippen LogP contribution is -2.40. The summed E-state index contributed by atoms with van der Waals surface area (Å²) in [6.07, 6.45) is 3.68. The first-order valence-electron chi connectivity index (χ1n) is 7.02. The van der Waals surface area contributed by atoms with Crippen LogP contribution in [0.4, 0.5) is 5.69 Å². The number of carbonyl (C=O) groups is 1. The van der Waals surface area contributed by atoms with Gasteiger partial charge in [-0.2, -0.15) is 0 Å². The number of aromatic carboxylic acids is 1. The van der Waals surface area contributed by atoms with E-state index in [2.05, 4.69) is 29.2 Å². The molecule has 1 saturated heterocycles. The van der Waals surface area contributed by atoms with Gasteiger partial charge in [0.15, 0.2) is 0 Å². The van der Waals surface area contributed by atoms with Crippen LogP contribution in [0.3, 0.4) is 0 Å². The van der Waals surface area contributed by atoms with Gasteiger partial charge in [-0.25, -0.2) is 4.79 Å². The average molecular weight is 277 g/mol. The van der Waals surface area contributed by atoms with Crippen molar-refractivity contribution in [3.8, 4) is 0 Å². The molecular formula is C15H23N3O2. The fourth-order valence-corrected chi connectivity index (χ4v) is 2.52. The number of anilines is 1. The molecule has 0 bridgehead atoms. The lowest BCUT2D eigenvalue weighted by Gasteiger charge is -2.38. The maximum Gasteiger partial charge on any atom is 0.339 e. The Kier molecular flexibility index (Phi) is 4.28. The fraction of sp³-hybridized carbons (Fsp3) is 0.600. The summed E-state index contributed by atoms with van der Waals surface area (Å²) in [5, 5.41) is 12.5. The number of hydrogen-bond acceptors (Lipinski definition) is 4. The standard InChI is InChI=1S/C15H23N3O2/c1-11-8-13(12(9-16-11)14(19)20)17-10-15(2)4-6-18(3)7-5-15/h8-9H,4-7,10H2,1-3H3,(H,16,17)(H,19,20). The van der Waals surface area contributed by atoms with Crippen molar-refractivity contribution in [2.45, 2.75) is 26.7 Å². The van der Waals surface area contributed by atoms with Gasteiger partial charge in [-0.05, 0) is 51.4 Å². The van der Waals surface area contributed by atoms with E-state index in [9.17, 15) is 9.90 Å². The summed E-state index contributed by atoms with van der Waals surface area (Å²) in [6, 6.07) is 1.81. The molecule has 2 N–H and O–H groups in total. The van der Waals surface area contributed by atoms with Gasteiger partial charge in [-0.15, -0.1) is 0 Å². The molecule has 1 aromatic heterocycles. The van der Waals surface area contributed by atoms with Crippen LogP contribution < -0.4 is 5.32 Å². The van der Waals surface area contributed by atoms with Gasteiger partial charge in [0.2, 0.25) is 0 Å². The number of carboxylic acid groups (broad SMARTS) is 1. The second-order valence-corrected chi connectivity index (χ2v) is 6.14. The minimum Gasteiger partial charge on any atom is -0.478 e. The molecule has 0 aromatic carbocycles. The molecule has 0 atom stereocenters. The van der Waals surface area contributed by atoms with Crippen molar-refractivity contribution in [1.29, 1.82) is 0 Å². The molecule has 1 fully saturated rings. The zero-order chi connectivity index (χ0) is 14.8. The number of hydrogen-bond donors (Lipinski definition) is 2. The molecule has 5 nitrogen and oxygen atoms in total. The van der Waals surface area contributed by atoms with Gasteiger partial charge in [-0.3, -0.25) is 4.98 Å². The second-order valence-electron chi connectivity index (χ2n) is 6.14. The van der Waals surface area contributed by atoms with Crippen LogP contribution >= 0.6 is 0 Å². The molecule has 20 heavy (non-hydrogen) atoms. The van der Waals surface area contributed by atoms with Gasteiger partial charge in [-0.1, -0.05) is 6.92 Å². The summed E-state index contributed by atoms with van der Waals surface area (Å²) >= 11 is 0. The highest BCUT2D eigenvalue weighted by molar-refractivity contribution is 5.93. The zero-order valence-corrected chi connectivity index (χ0v) is 12.4. The van der Waals surface area contributed by atoms with E-state index in [4.69, 9.17) is 0 Å². The van der Waals surface area contributed by atoms with Crippen molar-refractivity contribution >= 4 is 11.7 Å². The Bertz CT molecular complexity index is 494. The van der Waals surface area contributed by atoms with E-state index in [0.717, 1.165) is 38.2 Å². The Morgan fingerprint density at radius 1 is 1.50 bits per heavy atom. The van der Waals surface area contributed by atoms with E-state index in [1.54, 1.807) is 0 Å². The zero-order valence-electron chi connectivity index (χ0n) is 12.4. The monoisotopic (exact) mass is 277 g/mol. The number of piperidine rings is 1. The molecule has 0 unspecified atom stereocenters. The van der Waals surface area contributed by atoms with Crippen LogP contribution in [0.25, 0.3) is 0 Å². The molecule has 0 aliphatic carbocycles. The largest absolute Gasteiger partial charge is 0.478 e. The molecule has 1 aromatic rings. The molecule has 2 rings (SSSR count). The molecule has 2 heterocycles. The van der Waals surface area contributed by atoms with Gasteiger partial charge >= 0.3 is 5.97 Å². The highest BCUT2D eigenvalue weighted by atomic mass is 16.4. The minimum atomic E-state index is -0.937. The molecule has 0 saturated carbocycles. The Balaban J connectivity index is 2.07. The third-order valence-electron chi connectivity index (χ3n) is 4.17. The van der Waals surface area contributed by atoms with Crippen LogP contribution in [0, 0.1) is 12.3 Å². The third kappa shape index (κ3) is 3.48. The molecule has 0 radical (unpaired) electrons. The van der Waals surface area contributed by atoms with Crippen LogP contribution in [0.2, 0.25) is 0 Å². The quantitative estimate of drug-likeness (QED) is 0.883. The van der Waals surface area contributed by atoms with E-state index in [1.165, 1.54) is 6.20 Å². The van der Waals surface area contributed by atoms with Crippen LogP contribution in [-0.2, 0) is 0 Å². The number of rotatable bonds is 4. The topological polar surface area (TPSA) is 65.5 Å². The Morgan fingerprint density at radius 2 is 2.15 bits per heavy atom. The molecule has 110 valence electrons. The first-order chi connectivity index (χ1) is 9.39. The van der Waals surface area contributed by atoms with Gasteiger partial charge in [0.05, 0.1) is 5.69 Å². The number of nitrogens with one attached hydrogen (secondary N) is 1. The first kappa shape index (κ1) is 14.8. The normalized spacial score (nSPS) is 18.8. The summed E-state index contributed by atoms with van der Waals surface area (Å²) in [5.41, 5.74) is 1.96. The number of carboxylic acids is 1. The van der Waals surface area contributed by atoms with Crippen molar-refractivity contribution in [3.05, 3.63) is 23.5 Å². The van der Waals surface area contributed by atoms with Crippen molar-refractivity contribution in [3.63, 3.8) is 0 Å². The maximum absolute atomic E-state index is 11.2. The minimum absolute atomic E-state index is 0.222. The predicted molar refractivity (Wildman–Crippen MR) is 79.3 cm³/mol. The molecule has 0 amide bonds. The van der Waals surface area contributed by atoms with Crippen LogP contribution in [-0.4, -0.2) is 47.6 Å². The van der Waals surface area contributed by atoms with E-state index in [0.29, 0.717) is 5.69 Å². The lowest BCUT2D eigenvalue weighted by molar-refractivity contribution is 0.0697. The van der Waals surface area contributed by atoms with Gasteiger partial charge in [0.25, 0.3) is 0 Å². The number of nitrogens with zero attached hydrogens (tertiary/aromatic N) is 2. The summed E-state index contributed by atoms with van der Waals surface area (Å²) < 4.78 is 0. The molecular weight excluding hydrogens is 254 g/mol. The van der Waals surface area contributed by atoms with Crippen molar-refractivity contribution < 1.29 is 9.90 Å². The summed E-state index contributed by atoms with van der Waals surface area (Å²) in [4.78, 5) is 17.6. The van der Waals surface area contributed by atoms with Gasteiger partial charge < -0.3 is 15.3 Å². The lowest BCUT2D eigenvalue weighted by atomic mass is 9.80. The number of likely N-dealkylation sites (tertiary alicyclic amines) is 1. The number of aryl methyl sites for hydroxylation is 1.